The van der Waals surface area contributed by atoms with Gasteiger partial charge in [0.05, 0.1) is 0 Å². The molecule has 1 aromatic rings. The van der Waals surface area contributed by atoms with E-state index in [4.69, 9.17) is 0 Å². The Morgan fingerprint density at radius 1 is 1.06 bits per heavy atom. The number of rotatable bonds is 6. The van der Waals surface area contributed by atoms with Crippen LogP contribution < -0.4 is 0 Å². The summed E-state index contributed by atoms with van der Waals surface area (Å²) >= 11 is 9.38. The second kappa shape index (κ2) is 6.20. The molecule has 0 bridgehead atoms. The van der Waals surface area contributed by atoms with E-state index in [0.717, 1.165) is 10.5 Å². The summed E-state index contributed by atoms with van der Waals surface area (Å²) in [6.45, 7) is 0. The topological polar surface area (TPSA) is 0 Å². The van der Waals surface area contributed by atoms with Gasteiger partial charge in [-0.25, -0.2) is 0 Å². The number of hydrogen-bond acceptors (Lipinski definition) is 2. The summed E-state index contributed by atoms with van der Waals surface area (Å²) in [6, 6.07) is 0. The first-order chi connectivity index (χ1) is 8.24. The number of thioether (sulfide) groups is 2. The van der Waals surface area contributed by atoms with E-state index in [1.807, 2.05) is 0 Å². The molecule has 2 aliphatic heterocycles. The van der Waals surface area contributed by atoms with E-state index in [1.54, 1.807) is 18.2 Å². The Morgan fingerprint density at radius 3 is 1.82 bits per heavy atom. The van der Waals surface area contributed by atoms with Gasteiger partial charge in [0.15, 0.2) is 0 Å². The molecule has 1 aromatic heterocycles. The van der Waals surface area contributed by atoms with Crippen LogP contribution in [0.1, 0.15) is 24.0 Å². The molecule has 0 spiro atoms. The maximum atomic E-state index is 2.50. The standard InChI is InChI=1S/C12H12S2SeTe2/c16-11(1-7-3-13-7)9-5-15-6-10(9)12(17)2-8-4-14-8/h5-8H,1-4H2. The van der Waals surface area contributed by atoms with E-state index in [-0.39, 0.29) is 0 Å². The minimum absolute atomic E-state index is 0.615. The van der Waals surface area contributed by atoms with Crippen LogP contribution in [0.4, 0.5) is 0 Å². The van der Waals surface area contributed by atoms with Gasteiger partial charge in [0.2, 0.25) is 0 Å². The van der Waals surface area contributed by atoms with Gasteiger partial charge >= 0.3 is 145 Å². The molecule has 2 unspecified atom stereocenters. The van der Waals surface area contributed by atoms with E-state index in [9.17, 15) is 0 Å². The predicted molar refractivity (Wildman–Crippen MR) is 84.8 cm³/mol. The van der Waals surface area contributed by atoms with Crippen LogP contribution in [0.15, 0.2) is 9.88 Å². The van der Waals surface area contributed by atoms with Gasteiger partial charge in [-0.1, -0.05) is 0 Å². The van der Waals surface area contributed by atoms with Crippen molar-refractivity contribution in [3.8, 4) is 0 Å². The van der Waals surface area contributed by atoms with Crippen molar-refractivity contribution < 1.29 is 0 Å². The molecule has 0 radical (unpaired) electrons. The van der Waals surface area contributed by atoms with Gasteiger partial charge in [0.25, 0.3) is 0 Å². The quantitative estimate of drug-likeness (QED) is 0.382. The van der Waals surface area contributed by atoms with Crippen molar-refractivity contribution in [2.24, 2.45) is 0 Å². The van der Waals surface area contributed by atoms with Crippen LogP contribution >= 0.6 is 23.5 Å². The molecule has 2 aliphatic rings. The molecule has 3 heterocycles. The van der Waals surface area contributed by atoms with E-state index < -0.39 is 0 Å². The van der Waals surface area contributed by atoms with Crippen LogP contribution in [0.25, 0.3) is 0 Å². The zero-order chi connectivity index (χ0) is 11.8. The molecule has 0 aliphatic carbocycles. The minimum atomic E-state index is 0.615. The molecule has 0 saturated carbocycles. The van der Waals surface area contributed by atoms with Crippen molar-refractivity contribution in [2.45, 2.75) is 23.3 Å². The maximum absolute atomic E-state index is 2.50. The molecule has 0 amide bonds. The monoisotopic (exact) mass is 560 g/mol. The van der Waals surface area contributed by atoms with Crippen molar-refractivity contribution in [1.82, 2.24) is 0 Å². The van der Waals surface area contributed by atoms with Crippen LogP contribution in [0.3, 0.4) is 0 Å². The molecule has 2 saturated heterocycles. The molecule has 2 atom stereocenters. The van der Waals surface area contributed by atoms with Crippen molar-refractivity contribution >= 4 is 88.8 Å². The summed E-state index contributed by atoms with van der Waals surface area (Å²) in [5.41, 5.74) is 3.21. The van der Waals surface area contributed by atoms with Gasteiger partial charge in [-0.05, 0) is 0 Å². The third-order valence-electron chi connectivity index (χ3n) is 2.89. The average Bonchev–Trinajstić information content (AvgIpc) is 3.21. The summed E-state index contributed by atoms with van der Waals surface area (Å²) < 4.78 is 3.29. The third-order valence-corrected chi connectivity index (χ3v) is 8.60. The molecule has 90 valence electrons. The predicted octanol–water partition coefficient (Wildman–Crippen LogP) is 1.13. The Morgan fingerprint density at radius 2 is 1.47 bits per heavy atom. The summed E-state index contributed by atoms with van der Waals surface area (Å²) in [6.07, 6.45) is 2.64. The van der Waals surface area contributed by atoms with E-state index in [0.29, 0.717) is 14.5 Å². The third kappa shape index (κ3) is 4.00. The number of hydrogen-bond donors (Lipinski definition) is 0. The SMILES string of the molecule is [Te]=C(CC1CS1)c1c[se]cc1C(=[Te])CC1CS1. The Kier molecular flexibility index (Phi) is 5.10. The van der Waals surface area contributed by atoms with Crippen LogP contribution in [0.5, 0.6) is 0 Å². The van der Waals surface area contributed by atoms with Crippen molar-refractivity contribution in [1.29, 1.82) is 0 Å². The molecule has 0 aromatic carbocycles. The molecular weight excluding hydrogens is 542 g/mol. The Balaban J connectivity index is 1.72. The van der Waals surface area contributed by atoms with E-state index in [2.05, 4.69) is 77.0 Å². The van der Waals surface area contributed by atoms with Crippen molar-refractivity contribution in [2.75, 3.05) is 11.5 Å². The van der Waals surface area contributed by atoms with Crippen molar-refractivity contribution in [3.05, 3.63) is 21.0 Å². The average molecular weight is 555 g/mol. The van der Waals surface area contributed by atoms with Gasteiger partial charge in [0, 0.05) is 0 Å². The fourth-order valence-electron chi connectivity index (χ4n) is 1.73. The van der Waals surface area contributed by atoms with Gasteiger partial charge < -0.3 is 0 Å². The molecular formula is C12H12S2SeTe2. The van der Waals surface area contributed by atoms with Crippen LogP contribution in [0.2, 0.25) is 0 Å². The molecule has 3 rings (SSSR count). The van der Waals surface area contributed by atoms with Crippen LogP contribution in [-0.2, 0) is 0 Å². The second-order valence-electron chi connectivity index (χ2n) is 4.36. The molecule has 2 fully saturated rings. The van der Waals surface area contributed by atoms with Gasteiger partial charge in [-0.15, -0.1) is 0 Å². The molecule has 0 N–H and O–H groups in total. The first-order valence-electron chi connectivity index (χ1n) is 5.60. The second-order valence-corrected chi connectivity index (χ2v) is 11.4. The summed E-state index contributed by atoms with van der Waals surface area (Å²) in [4.78, 5) is 5.00. The summed E-state index contributed by atoms with van der Waals surface area (Å²) in [7, 11) is 0. The first kappa shape index (κ1) is 14.0. The van der Waals surface area contributed by atoms with Gasteiger partial charge in [-0.3, -0.25) is 0 Å². The Hall–Kier alpha value is 2.02. The van der Waals surface area contributed by atoms with Crippen LogP contribution in [-0.4, -0.2) is 87.3 Å². The van der Waals surface area contributed by atoms with Crippen molar-refractivity contribution in [3.63, 3.8) is 0 Å². The van der Waals surface area contributed by atoms with Crippen LogP contribution in [0, 0.1) is 0 Å². The molecule has 17 heavy (non-hydrogen) atoms. The molecule has 0 nitrogen and oxygen atoms in total. The molecule has 5 heteroatoms. The normalized spacial score (nSPS) is 25.6. The summed E-state index contributed by atoms with van der Waals surface area (Å²) in [5.74, 6) is 2.77. The van der Waals surface area contributed by atoms with Gasteiger partial charge in [-0.2, -0.15) is 0 Å². The van der Waals surface area contributed by atoms with E-state index >= 15 is 0 Å². The first-order valence-corrected chi connectivity index (χ1v) is 12.0. The zero-order valence-electron chi connectivity index (χ0n) is 9.18. The van der Waals surface area contributed by atoms with E-state index in [1.165, 1.54) is 24.3 Å². The fourth-order valence-corrected chi connectivity index (χ4v) is 8.47. The Labute approximate surface area is 143 Å². The summed E-state index contributed by atoms with van der Waals surface area (Å²) in [5, 5.41) is 1.88. The fraction of sp³-hybridized carbons (Fsp3) is 0.500. The Bertz CT molecular complexity index is 420. The zero-order valence-corrected chi connectivity index (χ0v) is 17.2. The van der Waals surface area contributed by atoms with Gasteiger partial charge in [0.1, 0.15) is 0 Å².